The molecule has 0 amide bonds. The summed E-state index contributed by atoms with van der Waals surface area (Å²) >= 11 is 1.33. The molecule has 1 N–H and O–H groups in total. The number of aryl methyl sites for hydroxylation is 2. The molecule has 0 saturated carbocycles. The van der Waals surface area contributed by atoms with Gasteiger partial charge in [0.1, 0.15) is 15.7 Å². The predicted octanol–water partition coefficient (Wildman–Crippen LogP) is 3.84. The highest BCUT2D eigenvalue weighted by Gasteiger charge is 2.40. The molecule has 0 bridgehead atoms. The maximum absolute atomic E-state index is 13.2. The highest BCUT2D eigenvalue weighted by Crippen LogP contribution is 2.48. The molecule has 2 aromatic rings. The van der Waals surface area contributed by atoms with Crippen LogP contribution < -0.4 is 4.31 Å². The number of hydrogen-bond donors (Lipinski definition) is 1. The summed E-state index contributed by atoms with van der Waals surface area (Å²) in [6.45, 7) is 5.53. The molecule has 1 aliphatic rings. The van der Waals surface area contributed by atoms with Crippen molar-refractivity contribution in [3.05, 3.63) is 51.4 Å². The zero-order valence-corrected chi connectivity index (χ0v) is 15.3. The largest absolute Gasteiger partial charge is 0.506 e. The summed E-state index contributed by atoms with van der Waals surface area (Å²) < 4.78 is 27.6. The minimum absolute atomic E-state index is 0.0720. The number of anilines is 1. The van der Waals surface area contributed by atoms with E-state index in [4.69, 9.17) is 6.42 Å². The minimum atomic E-state index is -3.94. The number of rotatable bonds is 2. The van der Waals surface area contributed by atoms with E-state index in [1.165, 1.54) is 15.6 Å². The van der Waals surface area contributed by atoms with E-state index in [0.29, 0.717) is 16.1 Å². The molecule has 4 nitrogen and oxygen atoms in total. The molecule has 0 spiro atoms. The summed E-state index contributed by atoms with van der Waals surface area (Å²) in [6, 6.07) is 7.10. The number of aliphatic hydroxyl groups excluding tert-OH is 1. The zero-order chi connectivity index (χ0) is 17.6. The molecule has 24 heavy (non-hydrogen) atoms. The standard InChI is InChI=1S/C18H17NO3S2/c1-5-10-19-18-15(12(3)13(4)23-18)16(20)17(24(19,21)22)14-9-7-6-8-11(14)2/h1,6-9,20H,10H2,2-4H3. The van der Waals surface area contributed by atoms with Gasteiger partial charge in [-0.05, 0) is 31.9 Å². The topological polar surface area (TPSA) is 57.6 Å². The first-order valence-corrected chi connectivity index (χ1v) is 9.62. The Bertz CT molecular complexity index is 1010. The molecule has 0 saturated heterocycles. The van der Waals surface area contributed by atoms with Gasteiger partial charge in [0, 0.05) is 10.4 Å². The van der Waals surface area contributed by atoms with E-state index in [9.17, 15) is 13.5 Å². The Kier molecular flexibility index (Phi) is 3.94. The van der Waals surface area contributed by atoms with Crippen LogP contribution in [0.1, 0.15) is 27.1 Å². The fraction of sp³-hybridized carbons (Fsp3) is 0.222. The number of aliphatic hydroxyl groups is 1. The minimum Gasteiger partial charge on any atom is -0.506 e. The van der Waals surface area contributed by atoms with E-state index in [0.717, 1.165) is 16.0 Å². The molecule has 0 radical (unpaired) electrons. The molecule has 1 aromatic carbocycles. The normalized spacial score (nSPS) is 16.0. The van der Waals surface area contributed by atoms with Crippen LogP contribution in [-0.4, -0.2) is 20.1 Å². The van der Waals surface area contributed by atoms with E-state index in [-0.39, 0.29) is 17.2 Å². The number of hydrogen-bond acceptors (Lipinski definition) is 4. The van der Waals surface area contributed by atoms with Gasteiger partial charge in [-0.2, -0.15) is 0 Å². The van der Waals surface area contributed by atoms with Crippen molar-refractivity contribution in [1.29, 1.82) is 0 Å². The van der Waals surface area contributed by atoms with Gasteiger partial charge in [0.25, 0.3) is 10.0 Å². The average Bonchev–Trinajstić information content (AvgIpc) is 2.81. The number of thiophene rings is 1. The van der Waals surface area contributed by atoms with Crippen LogP contribution in [-0.2, 0) is 10.0 Å². The van der Waals surface area contributed by atoms with Gasteiger partial charge in [0.2, 0.25) is 0 Å². The van der Waals surface area contributed by atoms with Crippen molar-refractivity contribution in [1.82, 2.24) is 0 Å². The second-order valence-corrected chi connectivity index (χ2v) is 8.67. The van der Waals surface area contributed by atoms with Gasteiger partial charge in [-0.3, -0.25) is 0 Å². The van der Waals surface area contributed by atoms with E-state index >= 15 is 0 Å². The van der Waals surface area contributed by atoms with Crippen LogP contribution in [0.25, 0.3) is 10.7 Å². The fourth-order valence-electron chi connectivity index (χ4n) is 2.85. The zero-order valence-electron chi connectivity index (χ0n) is 13.6. The number of fused-ring (bicyclic) bond motifs is 1. The maximum Gasteiger partial charge on any atom is 0.270 e. The van der Waals surface area contributed by atoms with Crippen LogP contribution in [0.15, 0.2) is 24.3 Å². The van der Waals surface area contributed by atoms with Crippen LogP contribution in [0.4, 0.5) is 5.00 Å². The van der Waals surface area contributed by atoms with E-state index in [1.807, 2.05) is 32.9 Å². The third-order valence-electron chi connectivity index (χ3n) is 4.22. The van der Waals surface area contributed by atoms with Crippen LogP contribution >= 0.6 is 11.3 Å². The second kappa shape index (κ2) is 5.69. The first kappa shape index (κ1) is 16.6. The number of sulfonamides is 1. The second-order valence-electron chi connectivity index (χ2n) is 5.67. The number of benzene rings is 1. The third kappa shape index (κ3) is 2.24. The van der Waals surface area contributed by atoms with Crippen molar-refractivity contribution in [3.8, 4) is 12.3 Å². The van der Waals surface area contributed by atoms with Crippen molar-refractivity contribution in [2.45, 2.75) is 20.8 Å². The summed E-state index contributed by atoms with van der Waals surface area (Å²) in [6.07, 6.45) is 5.40. The van der Waals surface area contributed by atoms with Crippen LogP contribution in [0.5, 0.6) is 0 Å². The predicted molar refractivity (Wildman–Crippen MR) is 99.5 cm³/mol. The molecule has 0 fully saturated rings. The van der Waals surface area contributed by atoms with E-state index in [1.54, 1.807) is 12.1 Å². The van der Waals surface area contributed by atoms with Gasteiger partial charge >= 0.3 is 0 Å². The molecular formula is C18H17NO3S2. The molecule has 0 aliphatic carbocycles. The first-order chi connectivity index (χ1) is 11.3. The Morgan fingerprint density at radius 1 is 1.25 bits per heavy atom. The molecule has 0 unspecified atom stereocenters. The lowest BCUT2D eigenvalue weighted by molar-refractivity contribution is 0.512. The molecular weight excluding hydrogens is 342 g/mol. The Balaban J connectivity index is 2.43. The monoisotopic (exact) mass is 359 g/mol. The van der Waals surface area contributed by atoms with E-state index < -0.39 is 10.0 Å². The molecule has 3 rings (SSSR count). The quantitative estimate of drug-likeness (QED) is 0.829. The Morgan fingerprint density at radius 3 is 2.54 bits per heavy atom. The van der Waals surface area contributed by atoms with E-state index in [2.05, 4.69) is 5.92 Å². The van der Waals surface area contributed by atoms with Gasteiger partial charge in [-0.25, -0.2) is 12.7 Å². The lowest BCUT2D eigenvalue weighted by Gasteiger charge is -2.29. The number of terminal acetylenes is 1. The summed E-state index contributed by atoms with van der Waals surface area (Å²) in [5, 5.41) is 11.3. The van der Waals surface area contributed by atoms with Gasteiger partial charge in [-0.15, -0.1) is 17.8 Å². The number of nitrogens with zero attached hydrogens (tertiary/aromatic N) is 1. The first-order valence-electron chi connectivity index (χ1n) is 7.36. The Hall–Kier alpha value is -2.23. The molecule has 1 aliphatic heterocycles. The summed E-state index contributed by atoms with van der Waals surface area (Å²) in [4.78, 5) is 0.874. The summed E-state index contributed by atoms with van der Waals surface area (Å²) in [7, 11) is -3.94. The summed E-state index contributed by atoms with van der Waals surface area (Å²) in [5.74, 6) is 2.21. The van der Waals surface area contributed by atoms with Crippen LogP contribution in [0, 0.1) is 33.1 Å². The maximum atomic E-state index is 13.2. The molecule has 0 atom stereocenters. The van der Waals surface area contributed by atoms with Crippen LogP contribution in [0.3, 0.4) is 0 Å². The molecule has 2 heterocycles. The molecule has 124 valence electrons. The van der Waals surface area contributed by atoms with Crippen molar-refractivity contribution < 1.29 is 13.5 Å². The van der Waals surface area contributed by atoms with Crippen molar-refractivity contribution >= 4 is 37.0 Å². The van der Waals surface area contributed by atoms with Gasteiger partial charge in [0.15, 0.2) is 0 Å². The van der Waals surface area contributed by atoms with Crippen molar-refractivity contribution in [3.63, 3.8) is 0 Å². The van der Waals surface area contributed by atoms with Crippen molar-refractivity contribution in [2.75, 3.05) is 10.8 Å². The van der Waals surface area contributed by atoms with Gasteiger partial charge in [0.05, 0.1) is 12.1 Å². The third-order valence-corrected chi connectivity index (χ3v) is 7.38. The Morgan fingerprint density at radius 2 is 1.92 bits per heavy atom. The van der Waals surface area contributed by atoms with Crippen LogP contribution in [0.2, 0.25) is 0 Å². The molecule has 6 heteroatoms. The van der Waals surface area contributed by atoms with Gasteiger partial charge in [-0.1, -0.05) is 30.2 Å². The smallest absolute Gasteiger partial charge is 0.270 e. The highest BCUT2D eigenvalue weighted by atomic mass is 32.2. The SMILES string of the molecule is C#CCN1c2sc(C)c(C)c2C(O)=C(c2ccccc2C)S1(=O)=O. The van der Waals surface area contributed by atoms with Crippen molar-refractivity contribution in [2.24, 2.45) is 0 Å². The fourth-order valence-corrected chi connectivity index (χ4v) is 5.95. The lowest BCUT2D eigenvalue weighted by Crippen LogP contribution is -2.35. The highest BCUT2D eigenvalue weighted by molar-refractivity contribution is 8.02. The lowest BCUT2D eigenvalue weighted by atomic mass is 10.0. The molecule has 1 aromatic heterocycles. The summed E-state index contributed by atoms with van der Waals surface area (Å²) in [5.41, 5.74) is 2.69. The van der Waals surface area contributed by atoms with Gasteiger partial charge < -0.3 is 5.11 Å². The Labute approximate surface area is 146 Å². The average molecular weight is 359 g/mol.